The molecule has 53 heavy (non-hydrogen) atoms. The molecule has 2 N–H and O–H groups in total. The van der Waals surface area contributed by atoms with Crippen molar-refractivity contribution in [2.24, 2.45) is 5.92 Å². The molecule has 276 valence electrons. The van der Waals surface area contributed by atoms with Crippen molar-refractivity contribution in [3.8, 4) is 22.9 Å². The number of anilines is 1. The van der Waals surface area contributed by atoms with Crippen molar-refractivity contribution in [3.63, 3.8) is 0 Å². The van der Waals surface area contributed by atoms with Crippen molar-refractivity contribution >= 4 is 23.5 Å². The van der Waals surface area contributed by atoms with Gasteiger partial charge < -0.3 is 23.9 Å². The number of hydrogen-bond donors (Lipinski definition) is 2. The number of ketones is 1. The van der Waals surface area contributed by atoms with E-state index in [0.717, 1.165) is 15.7 Å². The third-order valence-corrected chi connectivity index (χ3v) is 8.66. The highest BCUT2D eigenvalue weighted by Gasteiger charge is 2.35. The summed E-state index contributed by atoms with van der Waals surface area (Å²) in [5.74, 6) is -0.517. The fourth-order valence-corrected chi connectivity index (χ4v) is 5.57. The quantitative estimate of drug-likeness (QED) is 0.134. The topological polar surface area (TPSA) is 177 Å². The van der Waals surface area contributed by atoms with Gasteiger partial charge in [0.2, 0.25) is 17.6 Å². The molecule has 5 rings (SSSR count). The Balaban J connectivity index is 1.38. The Kier molecular flexibility index (Phi) is 11.7. The largest absolute Gasteiger partial charge is 0.493 e. The van der Waals surface area contributed by atoms with Crippen LogP contribution in [0.1, 0.15) is 61.1 Å². The summed E-state index contributed by atoms with van der Waals surface area (Å²) >= 11 is 0. The molecule has 2 amide bonds. The predicted molar refractivity (Wildman–Crippen MR) is 196 cm³/mol. The number of methoxy groups -OCH3 is 2. The number of Topliss-reactive ketones (excluding diaryl/α,β-unsaturated/α-hetero) is 1. The first kappa shape index (κ1) is 37.9. The number of amides is 2. The van der Waals surface area contributed by atoms with Crippen LogP contribution in [0.3, 0.4) is 0 Å². The van der Waals surface area contributed by atoms with E-state index < -0.39 is 47.3 Å². The second kappa shape index (κ2) is 16.4. The number of carbonyl (C=O) groups is 3. The van der Waals surface area contributed by atoms with E-state index in [9.17, 15) is 19.2 Å². The number of aryl methyl sites for hydroxylation is 1. The lowest BCUT2D eigenvalue weighted by molar-refractivity contribution is -0.122. The molecule has 0 aliphatic rings. The van der Waals surface area contributed by atoms with Gasteiger partial charge in [0.05, 0.1) is 31.4 Å². The fourth-order valence-electron chi connectivity index (χ4n) is 5.57. The van der Waals surface area contributed by atoms with Gasteiger partial charge in [0, 0.05) is 5.56 Å². The zero-order valence-electron chi connectivity index (χ0n) is 30.6. The van der Waals surface area contributed by atoms with Crippen LogP contribution in [0.25, 0.3) is 11.4 Å². The minimum absolute atomic E-state index is 0.0161. The van der Waals surface area contributed by atoms with Crippen LogP contribution in [0.15, 0.2) is 88.1 Å². The predicted octanol–water partition coefficient (Wildman–Crippen LogP) is 5.72. The SMILES string of the molecule is COc1ccc(C(C)(C)c2nnc(C(=O)[C@@H](NC(=O)Cn3c(-c4ccccc4)nc(C)c(NC(=O)OCc4ccccc4)c3=O)C(C)C)o2)cc1OC. The van der Waals surface area contributed by atoms with Crippen molar-refractivity contribution in [3.05, 3.63) is 118 Å². The maximum absolute atomic E-state index is 14.0. The van der Waals surface area contributed by atoms with Gasteiger partial charge in [-0.15, -0.1) is 10.2 Å². The van der Waals surface area contributed by atoms with E-state index in [2.05, 4.69) is 25.8 Å². The van der Waals surface area contributed by atoms with Crippen LogP contribution in [0.4, 0.5) is 10.5 Å². The molecule has 0 radical (unpaired) electrons. The van der Waals surface area contributed by atoms with E-state index >= 15 is 0 Å². The van der Waals surface area contributed by atoms with Crippen molar-refractivity contribution in [2.75, 3.05) is 19.5 Å². The summed E-state index contributed by atoms with van der Waals surface area (Å²) < 4.78 is 23.2. The molecule has 14 heteroatoms. The van der Waals surface area contributed by atoms with E-state index in [0.29, 0.717) is 17.1 Å². The third-order valence-electron chi connectivity index (χ3n) is 8.66. The van der Waals surface area contributed by atoms with Gasteiger partial charge in [-0.25, -0.2) is 9.78 Å². The van der Waals surface area contributed by atoms with Gasteiger partial charge in [-0.3, -0.25) is 24.3 Å². The van der Waals surface area contributed by atoms with E-state index in [4.69, 9.17) is 18.6 Å². The van der Waals surface area contributed by atoms with E-state index in [-0.39, 0.29) is 35.6 Å². The maximum Gasteiger partial charge on any atom is 0.412 e. The average Bonchev–Trinajstić information content (AvgIpc) is 3.67. The zero-order valence-corrected chi connectivity index (χ0v) is 30.6. The van der Waals surface area contributed by atoms with E-state index in [1.54, 1.807) is 82.5 Å². The van der Waals surface area contributed by atoms with Crippen LogP contribution in [0.2, 0.25) is 0 Å². The number of nitrogens with zero attached hydrogens (tertiary/aromatic N) is 4. The first-order valence-electron chi connectivity index (χ1n) is 16.9. The Labute approximate surface area is 306 Å². The molecule has 0 spiro atoms. The van der Waals surface area contributed by atoms with Crippen molar-refractivity contribution in [2.45, 2.75) is 59.2 Å². The Morgan fingerprint density at radius 1 is 0.906 bits per heavy atom. The highest BCUT2D eigenvalue weighted by atomic mass is 16.5. The van der Waals surface area contributed by atoms with Crippen LogP contribution in [0.5, 0.6) is 11.5 Å². The van der Waals surface area contributed by atoms with E-state index in [1.165, 1.54) is 7.11 Å². The van der Waals surface area contributed by atoms with Gasteiger partial charge in [-0.2, -0.15) is 0 Å². The van der Waals surface area contributed by atoms with Gasteiger partial charge in [-0.05, 0) is 49.9 Å². The van der Waals surface area contributed by atoms with Crippen molar-refractivity contribution < 1.29 is 33.0 Å². The minimum Gasteiger partial charge on any atom is -0.493 e. The lowest BCUT2D eigenvalue weighted by atomic mass is 9.84. The summed E-state index contributed by atoms with van der Waals surface area (Å²) in [4.78, 5) is 58.8. The van der Waals surface area contributed by atoms with E-state index in [1.807, 2.05) is 38.1 Å². The molecule has 5 aromatic rings. The van der Waals surface area contributed by atoms with Gasteiger partial charge in [0.25, 0.3) is 11.4 Å². The molecule has 0 saturated heterocycles. The second-order valence-electron chi connectivity index (χ2n) is 13.1. The number of rotatable bonds is 14. The molecular formula is C39H42N6O8. The third kappa shape index (κ3) is 8.60. The number of carbonyl (C=O) groups excluding carboxylic acids is 3. The molecule has 3 aromatic carbocycles. The van der Waals surface area contributed by atoms with Crippen LogP contribution in [0, 0.1) is 12.8 Å². The van der Waals surface area contributed by atoms with Crippen molar-refractivity contribution in [1.82, 2.24) is 25.1 Å². The number of nitrogens with one attached hydrogen (secondary N) is 2. The van der Waals surface area contributed by atoms with Gasteiger partial charge in [0.1, 0.15) is 24.7 Å². The fraction of sp³-hybridized carbons (Fsp3) is 0.308. The lowest BCUT2D eigenvalue weighted by Gasteiger charge is -2.22. The standard InChI is InChI=1S/C39H42N6O8/c1-23(2)31(33(47)35-43-44-37(53-35)39(4,5)27-18-19-28(50-6)29(20-27)51-7)41-30(46)21-45-34(26-16-12-9-13-17-26)40-24(3)32(36(45)48)42-38(49)52-22-25-14-10-8-11-15-25/h8-20,23,31H,21-22H2,1-7H3,(H,41,46)(H,42,49)/t31-/m0/s1. The van der Waals surface area contributed by atoms with Crippen molar-refractivity contribution in [1.29, 1.82) is 0 Å². The Bertz CT molecular complexity index is 2140. The van der Waals surface area contributed by atoms with Crippen LogP contribution in [-0.2, 0) is 28.1 Å². The monoisotopic (exact) mass is 722 g/mol. The molecule has 1 atom stereocenters. The molecular weight excluding hydrogens is 680 g/mol. The molecule has 0 bridgehead atoms. The second-order valence-corrected chi connectivity index (χ2v) is 13.1. The molecule has 0 fully saturated rings. The summed E-state index contributed by atoms with van der Waals surface area (Å²) in [7, 11) is 3.08. The maximum atomic E-state index is 14.0. The van der Waals surface area contributed by atoms with Crippen LogP contribution in [-0.4, -0.2) is 57.8 Å². The van der Waals surface area contributed by atoms with Gasteiger partial charge in [0.15, 0.2) is 11.5 Å². The molecule has 2 aromatic heterocycles. The summed E-state index contributed by atoms with van der Waals surface area (Å²) in [6.45, 7) is 8.27. The molecule has 0 saturated carbocycles. The number of ether oxygens (including phenoxy) is 3. The average molecular weight is 723 g/mol. The molecule has 2 heterocycles. The zero-order chi connectivity index (χ0) is 38.3. The lowest BCUT2D eigenvalue weighted by Crippen LogP contribution is -2.47. The van der Waals surface area contributed by atoms with Gasteiger partial charge >= 0.3 is 6.09 Å². The molecule has 0 unspecified atom stereocenters. The smallest absolute Gasteiger partial charge is 0.412 e. The molecule has 0 aliphatic carbocycles. The first-order chi connectivity index (χ1) is 25.3. The van der Waals surface area contributed by atoms with Crippen LogP contribution >= 0.6 is 0 Å². The number of hydrogen-bond acceptors (Lipinski definition) is 11. The summed E-state index contributed by atoms with van der Waals surface area (Å²) in [5.41, 5.74) is 0.660. The first-order valence-corrected chi connectivity index (χ1v) is 16.9. The Morgan fingerprint density at radius 3 is 2.21 bits per heavy atom. The summed E-state index contributed by atoms with van der Waals surface area (Å²) in [6.07, 6.45) is -0.863. The van der Waals surface area contributed by atoms with Crippen LogP contribution < -0.4 is 25.7 Å². The minimum atomic E-state index is -1.08. The highest BCUT2D eigenvalue weighted by molar-refractivity contribution is 5.98. The normalized spacial score (nSPS) is 11.8. The Hall–Kier alpha value is -6.31. The Morgan fingerprint density at radius 2 is 1.57 bits per heavy atom. The number of benzene rings is 3. The molecule has 0 aliphatic heterocycles. The molecule has 14 nitrogen and oxygen atoms in total. The highest BCUT2D eigenvalue weighted by Crippen LogP contribution is 2.36. The van der Waals surface area contributed by atoms with Gasteiger partial charge in [-0.1, -0.05) is 80.6 Å². The summed E-state index contributed by atoms with van der Waals surface area (Å²) in [5, 5.41) is 13.5. The number of aromatic nitrogens is 4. The summed E-state index contributed by atoms with van der Waals surface area (Å²) in [6, 6.07) is 22.2.